The minimum absolute atomic E-state index is 0.00125. The molecule has 0 bridgehead atoms. The minimum atomic E-state index is -1.06. The number of imide groups is 1. The highest BCUT2D eigenvalue weighted by molar-refractivity contribution is 6.31. The van der Waals surface area contributed by atoms with Crippen molar-refractivity contribution in [3.8, 4) is 11.8 Å². The summed E-state index contributed by atoms with van der Waals surface area (Å²) in [5.74, 6) is 4.39. The Morgan fingerprint density at radius 3 is 2.40 bits per heavy atom. The molecule has 0 aromatic heterocycles. The molecule has 2 saturated carbocycles. The molecule has 6 amide bonds. The molecule has 2 saturated heterocycles. The number of nitrogens with one attached hydrogen (secondary N) is 5. The third-order valence-corrected chi connectivity index (χ3v) is 14.7. The predicted molar refractivity (Wildman–Crippen MR) is 234 cm³/mol. The largest absolute Gasteiger partial charge is 0.356 e. The van der Waals surface area contributed by atoms with Gasteiger partial charge in [0, 0.05) is 76.2 Å². The Hall–Kier alpha value is -5.22. The Morgan fingerprint density at radius 2 is 1.63 bits per heavy atom. The number of piperidine rings is 1. The van der Waals surface area contributed by atoms with Gasteiger partial charge in [-0.25, -0.2) is 0 Å². The van der Waals surface area contributed by atoms with Crippen LogP contribution >= 0.6 is 23.2 Å². The fraction of sp³-hybridized carbons (Fsp3) is 0.458. The number of rotatable bonds is 8. The molecule has 2 aliphatic carbocycles. The van der Waals surface area contributed by atoms with E-state index >= 15 is 0 Å². The Labute approximate surface area is 371 Å². The van der Waals surface area contributed by atoms with Gasteiger partial charge >= 0.3 is 0 Å². The number of hydrogen-bond acceptors (Lipinski definition) is 7. The first kappa shape index (κ1) is 42.1. The quantitative estimate of drug-likeness (QED) is 0.105. The second-order valence-corrected chi connectivity index (χ2v) is 18.6. The summed E-state index contributed by atoms with van der Waals surface area (Å²) in [5.41, 5.74) is 2.69. The molecule has 3 aromatic carbocycles. The van der Waals surface area contributed by atoms with Crippen molar-refractivity contribution in [2.45, 2.75) is 125 Å². The van der Waals surface area contributed by atoms with E-state index in [4.69, 9.17) is 23.2 Å². The van der Waals surface area contributed by atoms with Gasteiger partial charge in [0.05, 0.1) is 6.04 Å². The van der Waals surface area contributed by atoms with Crippen LogP contribution in [0.2, 0.25) is 10.0 Å². The van der Waals surface area contributed by atoms with E-state index in [0.29, 0.717) is 72.8 Å². The van der Waals surface area contributed by atoms with Crippen molar-refractivity contribution in [3.63, 3.8) is 0 Å². The van der Waals surface area contributed by atoms with Crippen molar-refractivity contribution >= 4 is 64.3 Å². The fourth-order valence-corrected chi connectivity index (χ4v) is 11.7. The van der Waals surface area contributed by atoms with Gasteiger partial charge in [-0.15, -0.1) is 0 Å². The van der Waals surface area contributed by atoms with Crippen LogP contribution in [0.25, 0.3) is 0 Å². The molecule has 0 radical (unpaired) electrons. The fourth-order valence-electron chi connectivity index (χ4n) is 11.4. The first-order valence-corrected chi connectivity index (χ1v) is 22.7. The van der Waals surface area contributed by atoms with E-state index in [2.05, 4.69) is 38.4 Å². The normalized spacial score (nSPS) is 27.3. The van der Waals surface area contributed by atoms with E-state index in [-0.39, 0.29) is 54.5 Å². The zero-order valence-electron chi connectivity index (χ0n) is 34.4. The Morgan fingerprint density at radius 1 is 0.855 bits per heavy atom. The number of hydrogen-bond donors (Lipinski definition) is 5. The van der Waals surface area contributed by atoms with E-state index in [0.717, 1.165) is 54.4 Å². The highest BCUT2D eigenvalue weighted by Gasteiger charge is 2.72. The van der Waals surface area contributed by atoms with Crippen molar-refractivity contribution in [1.29, 1.82) is 0 Å². The summed E-state index contributed by atoms with van der Waals surface area (Å²) in [5, 5.41) is 16.8. The lowest BCUT2D eigenvalue weighted by molar-refractivity contribution is -0.137. The van der Waals surface area contributed by atoms with Gasteiger partial charge in [0.15, 0.2) is 0 Å². The summed E-state index contributed by atoms with van der Waals surface area (Å²) in [6, 6.07) is 17.0. The highest BCUT2D eigenvalue weighted by Crippen LogP contribution is 2.62. The van der Waals surface area contributed by atoms with Gasteiger partial charge in [-0.2, -0.15) is 0 Å². The summed E-state index contributed by atoms with van der Waals surface area (Å²) in [4.78, 5) is 81.3. The molecule has 4 heterocycles. The minimum Gasteiger partial charge on any atom is -0.356 e. The zero-order valence-corrected chi connectivity index (χ0v) is 35.9. The van der Waals surface area contributed by atoms with Crippen LogP contribution < -0.4 is 26.6 Å². The zero-order chi connectivity index (χ0) is 43.2. The molecule has 5 N–H and O–H groups in total. The second kappa shape index (κ2) is 17.2. The molecule has 3 aromatic rings. The third-order valence-electron chi connectivity index (χ3n) is 14.2. The van der Waals surface area contributed by atoms with Gasteiger partial charge in [-0.3, -0.25) is 39.4 Å². The van der Waals surface area contributed by atoms with Crippen molar-refractivity contribution in [1.82, 2.24) is 26.2 Å². The number of amides is 6. The average molecular weight is 878 g/mol. The first-order chi connectivity index (χ1) is 30.0. The van der Waals surface area contributed by atoms with E-state index in [9.17, 15) is 28.8 Å². The lowest BCUT2D eigenvalue weighted by Gasteiger charge is -2.47. The maximum Gasteiger partial charge on any atom is 0.255 e. The molecule has 4 atom stereocenters. The van der Waals surface area contributed by atoms with Crippen LogP contribution in [0.4, 0.5) is 5.69 Å². The number of unbranched alkanes of at least 4 members (excludes halogenated alkanes) is 1. The van der Waals surface area contributed by atoms with Gasteiger partial charge < -0.3 is 20.9 Å². The van der Waals surface area contributed by atoms with Gasteiger partial charge in [-0.1, -0.05) is 78.6 Å². The molecule has 1 unspecified atom stereocenters. The van der Waals surface area contributed by atoms with Crippen LogP contribution in [0.3, 0.4) is 0 Å². The van der Waals surface area contributed by atoms with E-state index in [1.807, 2.05) is 36.4 Å². The van der Waals surface area contributed by atoms with Crippen LogP contribution in [-0.4, -0.2) is 70.6 Å². The van der Waals surface area contributed by atoms with Crippen LogP contribution in [0.15, 0.2) is 60.7 Å². The molecule has 12 nitrogen and oxygen atoms in total. The maximum atomic E-state index is 14.6. The summed E-state index contributed by atoms with van der Waals surface area (Å²) in [6.45, 7) is 0.739. The van der Waals surface area contributed by atoms with Crippen LogP contribution in [0.5, 0.6) is 0 Å². The Balaban J connectivity index is 0.805. The number of halogens is 2. The highest BCUT2D eigenvalue weighted by atomic mass is 35.5. The number of carbonyl (C=O) groups excluding carboxylic acids is 6. The molecular weight excluding hydrogens is 827 g/mol. The number of carbonyl (C=O) groups is 6. The first-order valence-electron chi connectivity index (χ1n) is 22.0. The molecule has 14 heteroatoms. The Kier molecular flexibility index (Phi) is 11.6. The SMILES string of the molecule is O=C1CCC(N2Cc3c(C#CCCCNC(=O)C4CCC(NC(=O)[C@@H]5NC6(CCCCC6)[C@@]6(C(=O)Nc7cc(Cl)ccc76)[C@H]5c5cccc(Cl)c5)CC4)cccc3C2=O)C(=O)N1. The molecule has 322 valence electrons. The van der Waals surface area contributed by atoms with Crippen molar-refractivity contribution in [3.05, 3.63) is 98.5 Å². The third kappa shape index (κ3) is 7.46. The molecule has 2 spiro atoms. The van der Waals surface area contributed by atoms with E-state index in [1.54, 1.807) is 24.3 Å². The molecule has 9 rings (SSSR count). The summed E-state index contributed by atoms with van der Waals surface area (Å²) >= 11 is 13.0. The second-order valence-electron chi connectivity index (χ2n) is 17.7. The van der Waals surface area contributed by atoms with Crippen LogP contribution in [0.1, 0.15) is 122 Å². The predicted octanol–water partition coefficient (Wildman–Crippen LogP) is 6.03. The van der Waals surface area contributed by atoms with Crippen molar-refractivity contribution in [2.24, 2.45) is 5.92 Å². The van der Waals surface area contributed by atoms with Crippen molar-refractivity contribution in [2.75, 3.05) is 11.9 Å². The molecular formula is C48H50Cl2N6O6. The smallest absolute Gasteiger partial charge is 0.255 e. The Bertz CT molecular complexity index is 2410. The number of fused-ring (bicyclic) bond motifs is 4. The lowest BCUT2D eigenvalue weighted by atomic mass is 9.55. The summed E-state index contributed by atoms with van der Waals surface area (Å²) in [7, 11) is 0. The van der Waals surface area contributed by atoms with Crippen LogP contribution in [-0.2, 0) is 35.9 Å². The van der Waals surface area contributed by atoms with E-state index in [1.165, 1.54) is 4.90 Å². The van der Waals surface area contributed by atoms with Crippen molar-refractivity contribution < 1.29 is 28.8 Å². The van der Waals surface area contributed by atoms with Gasteiger partial charge in [0.2, 0.25) is 29.5 Å². The number of anilines is 1. The maximum absolute atomic E-state index is 14.6. The van der Waals surface area contributed by atoms with Gasteiger partial charge in [0.1, 0.15) is 11.5 Å². The molecule has 4 fully saturated rings. The summed E-state index contributed by atoms with van der Waals surface area (Å²) in [6.07, 6.45) is 8.74. The molecule has 62 heavy (non-hydrogen) atoms. The van der Waals surface area contributed by atoms with Gasteiger partial charge in [-0.05, 0) is 104 Å². The molecule has 4 aliphatic heterocycles. The molecule has 6 aliphatic rings. The summed E-state index contributed by atoms with van der Waals surface area (Å²) < 4.78 is 0. The standard InChI is InChI=1S/C48H50Cl2N6O6/c49-31-12-7-11-30(25-31)40-41(55-47(22-4-2-5-23-47)48(40)36-19-16-32(50)26-37(36)53-46(48)62)44(60)52-33-17-14-29(15-18-33)42(58)51-24-6-1-3-9-28-10-8-13-34-35(28)27-56(45(34)61)38-20-21-39(57)54-43(38)59/h7-8,10-13,16,19,25-26,29,33,38,40-41,55H,1-2,4-6,14-15,17-18,20-24,27H2,(H,51,58)(H,52,60)(H,53,62)(H,54,57,59)/t29?,33?,38?,40-,41+,48+/m0/s1. The van der Waals surface area contributed by atoms with Gasteiger partial charge in [0.25, 0.3) is 5.91 Å². The monoisotopic (exact) mass is 876 g/mol. The number of benzene rings is 3. The topological polar surface area (TPSA) is 166 Å². The lowest BCUT2D eigenvalue weighted by Crippen LogP contribution is -2.60. The van der Waals surface area contributed by atoms with Crippen LogP contribution in [0, 0.1) is 17.8 Å². The van der Waals surface area contributed by atoms with E-state index < -0.39 is 34.9 Å². The number of nitrogens with zero attached hydrogens (tertiary/aromatic N) is 1. The average Bonchev–Trinajstić information content (AvgIpc) is 3.86.